The monoisotopic (exact) mass is 362 g/mol. The molecule has 2 rings (SSSR count). The third-order valence-corrected chi connectivity index (χ3v) is 4.07. The highest BCUT2D eigenvalue weighted by Gasteiger charge is 2.09. The van der Waals surface area contributed by atoms with E-state index in [0.29, 0.717) is 11.0 Å². The molecule has 21 heavy (non-hydrogen) atoms. The van der Waals surface area contributed by atoms with Crippen LogP contribution in [0.1, 0.15) is 24.5 Å². The Balaban J connectivity index is 2.01. The van der Waals surface area contributed by atoms with E-state index in [0.717, 1.165) is 28.6 Å². The summed E-state index contributed by atoms with van der Waals surface area (Å²) in [4.78, 5) is 0.417. The Hall–Kier alpha value is -1.39. The Morgan fingerprint density at radius 1 is 1.24 bits per heavy atom. The third-order valence-electron chi connectivity index (χ3n) is 3.36. The Labute approximate surface area is 139 Å². The van der Waals surface area contributed by atoms with Gasteiger partial charge in [-0.3, -0.25) is 0 Å². The molecule has 2 nitrogen and oxygen atoms in total. The number of aryl methyl sites for hydroxylation is 1. The minimum atomic E-state index is 0.340. The van der Waals surface area contributed by atoms with E-state index in [1.165, 1.54) is 5.56 Å². The molecular weight excluding hydrogens is 344 g/mol. The van der Waals surface area contributed by atoms with Crippen molar-refractivity contribution in [2.75, 3.05) is 5.32 Å². The van der Waals surface area contributed by atoms with Gasteiger partial charge in [0.1, 0.15) is 4.99 Å². The fraction of sp³-hybridized carbons (Fsp3) is 0.235. The van der Waals surface area contributed by atoms with E-state index < -0.39 is 0 Å². The number of hydrogen-bond donors (Lipinski definition) is 2. The van der Waals surface area contributed by atoms with Crippen molar-refractivity contribution in [3.63, 3.8) is 0 Å². The van der Waals surface area contributed by atoms with E-state index >= 15 is 0 Å². The van der Waals surface area contributed by atoms with Gasteiger partial charge in [0.25, 0.3) is 0 Å². The zero-order valence-electron chi connectivity index (χ0n) is 12.0. The first-order valence-electron chi connectivity index (χ1n) is 6.96. The fourth-order valence-electron chi connectivity index (χ4n) is 2.22. The molecule has 0 saturated carbocycles. The van der Waals surface area contributed by atoms with Crippen LogP contribution in [-0.4, -0.2) is 11.0 Å². The van der Waals surface area contributed by atoms with Gasteiger partial charge in [-0.1, -0.05) is 58.5 Å². The van der Waals surface area contributed by atoms with Gasteiger partial charge in [0, 0.05) is 21.8 Å². The van der Waals surface area contributed by atoms with Gasteiger partial charge < -0.3 is 11.1 Å². The first-order valence-corrected chi connectivity index (χ1v) is 8.16. The summed E-state index contributed by atoms with van der Waals surface area (Å²) in [7, 11) is 0. The predicted molar refractivity (Wildman–Crippen MR) is 97.9 cm³/mol. The van der Waals surface area contributed by atoms with Crippen LogP contribution in [0.3, 0.4) is 0 Å². The summed E-state index contributed by atoms with van der Waals surface area (Å²) in [6.45, 7) is 2.17. The lowest BCUT2D eigenvalue weighted by Crippen LogP contribution is -2.20. The van der Waals surface area contributed by atoms with Gasteiger partial charge in [-0.05, 0) is 43.5 Å². The van der Waals surface area contributed by atoms with Gasteiger partial charge in [0.2, 0.25) is 0 Å². The molecule has 0 heterocycles. The van der Waals surface area contributed by atoms with E-state index in [9.17, 15) is 0 Å². The van der Waals surface area contributed by atoms with Crippen molar-refractivity contribution in [2.45, 2.75) is 25.8 Å². The van der Waals surface area contributed by atoms with E-state index in [-0.39, 0.29) is 0 Å². The van der Waals surface area contributed by atoms with Crippen LogP contribution in [0.5, 0.6) is 0 Å². The average molecular weight is 363 g/mol. The summed E-state index contributed by atoms with van der Waals surface area (Å²) in [5, 5.41) is 3.51. The summed E-state index contributed by atoms with van der Waals surface area (Å²) in [5.41, 5.74) is 9.01. The maximum Gasteiger partial charge on any atom is 0.106 e. The lowest BCUT2D eigenvalue weighted by atomic mass is 10.1. The molecule has 3 N–H and O–H groups in total. The van der Waals surface area contributed by atoms with Gasteiger partial charge in [0.15, 0.2) is 0 Å². The average Bonchev–Trinajstić information content (AvgIpc) is 2.46. The number of thiocarbonyl (C=S) groups is 1. The zero-order valence-corrected chi connectivity index (χ0v) is 14.4. The molecule has 2 aromatic carbocycles. The second-order valence-corrected chi connectivity index (χ2v) is 6.48. The van der Waals surface area contributed by atoms with Crippen LogP contribution < -0.4 is 11.1 Å². The second-order valence-electron chi connectivity index (χ2n) is 5.12. The molecule has 2 aromatic rings. The van der Waals surface area contributed by atoms with Crippen LogP contribution in [0.15, 0.2) is 53.0 Å². The SMILES string of the molecule is CC(CCc1ccccc1)Nc1cc(Br)ccc1C(N)=S. The van der Waals surface area contributed by atoms with Gasteiger partial charge >= 0.3 is 0 Å². The Kier molecular flexibility index (Phi) is 5.76. The van der Waals surface area contributed by atoms with E-state index in [2.05, 4.69) is 52.4 Å². The van der Waals surface area contributed by atoms with Crippen LogP contribution in [0, 0.1) is 0 Å². The van der Waals surface area contributed by atoms with Crippen molar-refractivity contribution in [3.8, 4) is 0 Å². The van der Waals surface area contributed by atoms with Crippen LogP contribution in [0.2, 0.25) is 0 Å². The van der Waals surface area contributed by atoms with Crippen LogP contribution in [0.4, 0.5) is 5.69 Å². The number of nitrogens with two attached hydrogens (primary N) is 1. The molecule has 0 aliphatic rings. The molecule has 0 amide bonds. The summed E-state index contributed by atoms with van der Waals surface area (Å²) in [5.74, 6) is 0. The van der Waals surface area contributed by atoms with E-state index in [4.69, 9.17) is 18.0 Å². The standard InChI is InChI=1S/C17H19BrN2S/c1-12(7-8-13-5-3-2-4-6-13)20-16-11-14(18)9-10-15(16)17(19)21/h2-6,9-12,20H,7-8H2,1H3,(H2,19,21). The summed E-state index contributed by atoms with van der Waals surface area (Å²) in [6.07, 6.45) is 2.10. The molecule has 1 atom stereocenters. The minimum absolute atomic E-state index is 0.340. The Morgan fingerprint density at radius 2 is 1.95 bits per heavy atom. The maximum atomic E-state index is 5.78. The highest BCUT2D eigenvalue weighted by Crippen LogP contribution is 2.23. The van der Waals surface area contributed by atoms with Gasteiger partial charge in [-0.15, -0.1) is 0 Å². The van der Waals surface area contributed by atoms with Crippen molar-refractivity contribution >= 4 is 38.8 Å². The van der Waals surface area contributed by atoms with Crippen LogP contribution in [-0.2, 0) is 6.42 Å². The van der Waals surface area contributed by atoms with Gasteiger partial charge in [0.05, 0.1) is 0 Å². The number of hydrogen-bond acceptors (Lipinski definition) is 2. The summed E-state index contributed by atoms with van der Waals surface area (Å²) < 4.78 is 1.01. The number of nitrogens with one attached hydrogen (secondary N) is 1. The predicted octanol–water partition coefficient (Wildman–Crippen LogP) is 4.52. The van der Waals surface area contributed by atoms with Gasteiger partial charge in [-0.25, -0.2) is 0 Å². The Bertz CT molecular complexity index is 613. The smallest absolute Gasteiger partial charge is 0.106 e. The minimum Gasteiger partial charge on any atom is -0.389 e. The van der Waals surface area contributed by atoms with Gasteiger partial charge in [-0.2, -0.15) is 0 Å². The number of anilines is 1. The van der Waals surface area contributed by atoms with Crippen molar-refractivity contribution in [3.05, 3.63) is 64.1 Å². The zero-order chi connectivity index (χ0) is 15.2. The third kappa shape index (κ3) is 4.83. The molecule has 0 fully saturated rings. The number of rotatable bonds is 6. The van der Waals surface area contributed by atoms with E-state index in [1.807, 2.05) is 24.3 Å². The van der Waals surface area contributed by atoms with Crippen molar-refractivity contribution < 1.29 is 0 Å². The molecule has 0 aromatic heterocycles. The normalized spacial score (nSPS) is 11.9. The van der Waals surface area contributed by atoms with Crippen molar-refractivity contribution in [1.29, 1.82) is 0 Å². The molecule has 0 aliphatic carbocycles. The largest absolute Gasteiger partial charge is 0.389 e. The lowest BCUT2D eigenvalue weighted by Gasteiger charge is -2.18. The van der Waals surface area contributed by atoms with Crippen molar-refractivity contribution in [1.82, 2.24) is 0 Å². The van der Waals surface area contributed by atoms with Crippen LogP contribution >= 0.6 is 28.1 Å². The molecular formula is C17H19BrN2S. The van der Waals surface area contributed by atoms with E-state index in [1.54, 1.807) is 0 Å². The lowest BCUT2D eigenvalue weighted by molar-refractivity contribution is 0.706. The molecule has 1 unspecified atom stereocenters. The fourth-order valence-corrected chi connectivity index (χ4v) is 2.76. The summed E-state index contributed by atoms with van der Waals surface area (Å²) >= 11 is 8.60. The molecule has 0 spiro atoms. The number of halogens is 1. The quantitative estimate of drug-likeness (QED) is 0.742. The Morgan fingerprint density at radius 3 is 2.62 bits per heavy atom. The second kappa shape index (κ2) is 7.57. The topological polar surface area (TPSA) is 38.0 Å². The first kappa shape index (κ1) is 16.0. The number of benzene rings is 2. The molecule has 110 valence electrons. The molecule has 0 bridgehead atoms. The molecule has 0 saturated heterocycles. The van der Waals surface area contributed by atoms with Crippen molar-refractivity contribution in [2.24, 2.45) is 5.73 Å². The molecule has 0 radical (unpaired) electrons. The molecule has 0 aliphatic heterocycles. The van der Waals surface area contributed by atoms with Crippen LogP contribution in [0.25, 0.3) is 0 Å². The highest BCUT2D eigenvalue weighted by molar-refractivity contribution is 9.10. The molecule has 4 heteroatoms. The highest BCUT2D eigenvalue weighted by atomic mass is 79.9. The maximum absolute atomic E-state index is 5.78. The first-order chi connectivity index (χ1) is 10.1. The summed E-state index contributed by atoms with van der Waals surface area (Å²) in [6, 6.07) is 16.8.